The molecule has 0 saturated heterocycles. The van der Waals surface area contributed by atoms with E-state index in [1.165, 1.54) is 19.1 Å². The zero-order valence-corrected chi connectivity index (χ0v) is 11.6. The maximum atomic E-state index is 12.1. The maximum absolute atomic E-state index is 12.1. The number of ether oxygens (including phenoxy) is 1. The Bertz CT molecular complexity index is 549. The molecule has 1 aromatic rings. The average Bonchev–Trinajstić information content (AvgIpc) is 2.43. The third-order valence-electron chi connectivity index (χ3n) is 2.49. The summed E-state index contributed by atoms with van der Waals surface area (Å²) in [5.41, 5.74) is -0.424. The molecule has 0 saturated carbocycles. The summed E-state index contributed by atoms with van der Waals surface area (Å²) in [6.45, 7) is 0.102. The van der Waals surface area contributed by atoms with E-state index in [0.717, 1.165) is 12.3 Å². The molecule has 1 heterocycles. The van der Waals surface area contributed by atoms with Gasteiger partial charge in [-0.05, 0) is 0 Å². The fraction of sp³-hybridized carbons (Fsp3) is 0.364. The van der Waals surface area contributed by atoms with Crippen molar-refractivity contribution in [3.63, 3.8) is 0 Å². The number of nitro groups is 1. The van der Waals surface area contributed by atoms with E-state index in [9.17, 15) is 19.7 Å². The molecule has 1 aromatic heterocycles. The van der Waals surface area contributed by atoms with Crippen molar-refractivity contribution in [2.75, 3.05) is 20.7 Å². The predicted octanol–water partition coefficient (Wildman–Crippen LogP) is 1.28. The van der Waals surface area contributed by atoms with Crippen molar-refractivity contribution in [3.05, 3.63) is 33.1 Å². The van der Waals surface area contributed by atoms with Crippen LogP contribution in [0.4, 0.5) is 5.69 Å². The van der Waals surface area contributed by atoms with E-state index in [0.29, 0.717) is 0 Å². The van der Waals surface area contributed by atoms with Crippen molar-refractivity contribution in [2.45, 2.75) is 6.42 Å². The van der Waals surface area contributed by atoms with Gasteiger partial charge in [0.2, 0.25) is 0 Å². The fourth-order valence-electron chi connectivity index (χ4n) is 1.36. The zero-order valence-electron chi connectivity index (χ0n) is 10.8. The summed E-state index contributed by atoms with van der Waals surface area (Å²) in [6, 6.07) is 1.05. The van der Waals surface area contributed by atoms with Gasteiger partial charge in [-0.25, -0.2) is 4.98 Å². The molecule has 0 spiro atoms. The van der Waals surface area contributed by atoms with Crippen molar-refractivity contribution in [1.82, 2.24) is 9.88 Å². The predicted molar refractivity (Wildman–Crippen MR) is 69.5 cm³/mol. The lowest BCUT2D eigenvalue weighted by Gasteiger charge is -2.16. The Labute approximate surface area is 119 Å². The van der Waals surface area contributed by atoms with Gasteiger partial charge in [0.25, 0.3) is 11.6 Å². The highest BCUT2D eigenvalue weighted by molar-refractivity contribution is 6.32. The van der Waals surface area contributed by atoms with Gasteiger partial charge in [-0.1, -0.05) is 11.6 Å². The maximum Gasteiger partial charge on any atom is 0.307 e. The average molecular weight is 302 g/mol. The molecular formula is C11H12ClN3O5. The second-order valence-electron chi connectivity index (χ2n) is 3.84. The third-order valence-corrected chi connectivity index (χ3v) is 2.79. The number of methoxy groups -OCH3 is 1. The number of carbonyl (C=O) groups excluding carboxylic acids is 2. The van der Waals surface area contributed by atoms with E-state index in [1.54, 1.807) is 0 Å². The highest BCUT2D eigenvalue weighted by atomic mass is 35.5. The van der Waals surface area contributed by atoms with Crippen LogP contribution < -0.4 is 0 Å². The standard InChI is InChI=1S/C11H12ClN3O5/c1-14(4-3-9(16)20-2)11(17)8-5-7(15(18)19)6-13-10(8)12/h5-6H,3-4H2,1-2H3. The van der Waals surface area contributed by atoms with E-state index >= 15 is 0 Å². The first-order valence-electron chi connectivity index (χ1n) is 5.49. The Morgan fingerprint density at radius 3 is 2.75 bits per heavy atom. The molecule has 1 amide bonds. The largest absolute Gasteiger partial charge is 0.469 e. The number of amides is 1. The number of halogens is 1. The van der Waals surface area contributed by atoms with E-state index in [4.69, 9.17) is 11.6 Å². The summed E-state index contributed by atoms with van der Waals surface area (Å²) >= 11 is 5.76. The molecule has 108 valence electrons. The molecule has 0 unspecified atom stereocenters. The van der Waals surface area contributed by atoms with Crippen molar-refractivity contribution >= 4 is 29.2 Å². The van der Waals surface area contributed by atoms with Crippen LogP contribution in [0, 0.1) is 10.1 Å². The summed E-state index contributed by atoms with van der Waals surface area (Å²) < 4.78 is 4.46. The molecule has 0 bridgehead atoms. The lowest BCUT2D eigenvalue weighted by atomic mass is 10.2. The summed E-state index contributed by atoms with van der Waals surface area (Å²) in [5, 5.41) is 10.5. The van der Waals surface area contributed by atoms with Gasteiger partial charge in [-0.15, -0.1) is 0 Å². The number of nitrogens with zero attached hydrogens (tertiary/aromatic N) is 3. The normalized spacial score (nSPS) is 9.95. The van der Waals surface area contributed by atoms with E-state index in [1.807, 2.05) is 0 Å². The molecule has 9 heteroatoms. The Morgan fingerprint density at radius 2 is 2.20 bits per heavy atom. The molecule has 1 rings (SSSR count). The van der Waals surface area contributed by atoms with Gasteiger partial charge in [0.05, 0.1) is 24.0 Å². The topological polar surface area (TPSA) is 103 Å². The van der Waals surface area contributed by atoms with Crippen LogP contribution in [0.25, 0.3) is 0 Å². The number of pyridine rings is 1. The SMILES string of the molecule is COC(=O)CCN(C)C(=O)c1cc([N+](=O)[O-])cnc1Cl. The molecule has 0 N–H and O–H groups in total. The number of hydrogen-bond donors (Lipinski definition) is 0. The lowest BCUT2D eigenvalue weighted by Crippen LogP contribution is -2.29. The smallest absolute Gasteiger partial charge is 0.307 e. The Hall–Kier alpha value is -2.22. The van der Waals surface area contributed by atoms with E-state index in [2.05, 4.69) is 9.72 Å². The number of hydrogen-bond acceptors (Lipinski definition) is 6. The summed E-state index contributed by atoms with van der Waals surface area (Å²) in [4.78, 5) is 37.9. The Kier molecular flexibility index (Phi) is 5.39. The Morgan fingerprint density at radius 1 is 1.55 bits per heavy atom. The van der Waals surface area contributed by atoms with E-state index < -0.39 is 16.8 Å². The van der Waals surface area contributed by atoms with Crippen molar-refractivity contribution < 1.29 is 19.2 Å². The Balaban J connectivity index is 2.88. The molecule has 0 atom stereocenters. The van der Waals surface area contributed by atoms with Crippen molar-refractivity contribution in [3.8, 4) is 0 Å². The van der Waals surface area contributed by atoms with Gasteiger partial charge in [0.15, 0.2) is 0 Å². The van der Waals surface area contributed by atoms with Crippen molar-refractivity contribution in [1.29, 1.82) is 0 Å². The van der Waals surface area contributed by atoms with Crippen LogP contribution >= 0.6 is 11.6 Å². The monoisotopic (exact) mass is 301 g/mol. The molecular weight excluding hydrogens is 290 g/mol. The minimum absolute atomic E-state index is 0.0126. The molecule has 0 fully saturated rings. The number of rotatable bonds is 5. The van der Waals surface area contributed by atoms with E-state index in [-0.39, 0.29) is 29.4 Å². The van der Waals surface area contributed by atoms with Gasteiger partial charge in [-0.3, -0.25) is 19.7 Å². The number of carbonyl (C=O) groups is 2. The summed E-state index contributed by atoms with van der Waals surface area (Å²) in [6.07, 6.45) is 0.978. The lowest BCUT2D eigenvalue weighted by molar-refractivity contribution is -0.385. The highest BCUT2D eigenvalue weighted by Gasteiger charge is 2.20. The fourth-order valence-corrected chi connectivity index (χ4v) is 1.54. The van der Waals surface area contributed by atoms with Crippen LogP contribution in [0.15, 0.2) is 12.3 Å². The van der Waals surface area contributed by atoms with Crippen molar-refractivity contribution in [2.24, 2.45) is 0 Å². The van der Waals surface area contributed by atoms with Gasteiger partial charge < -0.3 is 9.64 Å². The second kappa shape index (κ2) is 6.80. The van der Waals surface area contributed by atoms with Crippen LogP contribution in [-0.2, 0) is 9.53 Å². The minimum atomic E-state index is -0.672. The molecule has 20 heavy (non-hydrogen) atoms. The minimum Gasteiger partial charge on any atom is -0.469 e. The summed E-state index contributed by atoms with van der Waals surface area (Å²) in [7, 11) is 2.69. The summed E-state index contributed by atoms with van der Waals surface area (Å²) in [5.74, 6) is -1.02. The third kappa shape index (κ3) is 3.89. The van der Waals surface area contributed by atoms with Crippen LogP contribution in [0.5, 0.6) is 0 Å². The quantitative estimate of drug-likeness (QED) is 0.351. The van der Waals surface area contributed by atoms with Gasteiger partial charge in [0, 0.05) is 19.7 Å². The molecule has 0 aliphatic carbocycles. The molecule has 0 aromatic carbocycles. The number of esters is 1. The molecule has 0 radical (unpaired) electrons. The zero-order chi connectivity index (χ0) is 15.3. The molecule has 8 nitrogen and oxygen atoms in total. The molecule has 0 aliphatic rings. The second-order valence-corrected chi connectivity index (χ2v) is 4.20. The van der Waals surface area contributed by atoms with Crippen LogP contribution in [0.3, 0.4) is 0 Å². The van der Waals surface area contributed by atoms with Gasteiger partial charge >= 0.3 is 5.97 Å². The first kappa shape index (κ1) is 15.8. The van der Waals surface area contributed by atoms with Gasteiger partial charge in [-0.2, -0.15) is 0 Å². The first-order valence-corrected chi connectivity index (χ1v) is 5.86. The first-order chi connectivity index (χ1) is 9.36. The van der Waals surface area contributed by atoms with Crippen LogP contribution in [0.2, 0.25) is 5.15 Å². The molecule has 0 aliphatic heterocycles. The van der Waals surface area contributed by atoms with Crippen LogP contribution in [-0.4, -0.2) is 47.4 Å². The van der Waals surface area contributed by atoms with Gasteiger partial charge in [0.1, 0.15) is 11.3 Å². The highest BCUT2D eigenvalue weighted by Crippen LogP contribution is 2.20. The number of aromatic nitrogens is 1. The van der Waals surface area contributed by atoms with Crippen LogP contribution in [0.1, 0.15) is 16.8 Å².